The van der Waals surface area contributed by atoms with Gasteiger partial charge in [0.25, 0.3) is 0 Å². The fourth-order valence-electron chi connectivity index (χ4n) is 1.35. The minimum Gasteiger partial charge on any atom is -0.293 e. The molecule has 5 heteroatoms. The third-order valence-electron chi connectivity index (χ3n) is 2.03. The van der Waals surface area contributed by atoms with Crippen LogP contribution in [0.4, 0.5) is 0 Å². The molecule has 0 amide bonds. The Morgan fingerprint density at radius 3 is 2.36 bits per heavy atom. The Morgan fingerprint density at radius 1 is 1.21 bits per heavy atom. The van der Waals surface area contributed by atoms with Crippen molar-refractivity contribution >= 4 is 23.1 Å². The van der Waals surface area contributed by atoms with Crippen molar-refractivity contribution in [2.24, 2.45) is 0 Å². The van der Waals surface area contributed by atoms with E-state index in [1.807, 2.05) is 6.26 Å². The number of thioether (sulfide) groups is 1. The maximum atomic E-state index is 4.16. The average Bonchev–Trinajstić information content (AvgIpc) is 2.73. The molecule has 0 bridgehead atoms. The molecule has 2 aromatic rings. The van der Waals surface area contributed by atoms with Crippen LogP contribution >= 0.6 is 23.1 Å². The molecule has 0 aliphatic heterocycles. The van der Waals surface area contributed by atoms with Gasteiger partial charge in [-0.15, -0.1) is 10.2 Å². The Kier molecular flexibility index (Phi) is 2.60. The predicted molar refractivity (Wildman–Crippen MR) is 60.5 cm³/mol. The number of aryl methyl sites for hydroxylation is 2. The highest BCUT2D eigenvalue weighted by Gasteiger charge is 2.08. The first-order chi connectivity index (χ1) is 6.72. The van der Waals surface area contributed by atoms with E-state index in [4.69, 9.17) is 0 Å². The minimum absolute atomic E-state index is 0.953. The van der Waals surface area contributed by atoms with Crippen molar-refractivity contribution in [2.75, 3.05) is 6.26 Å². The van der Waals surface area contributed by atoms with Crippen LogP contribution in [-0.2, 0) is 0 Å². The summed E-state index contributed by atoms with van der Waals surface area (Å²) in [5, 5.41) is 9.20. The van der Waals surface area contributed by atoms with Crippen molar-refractivity contribution in [3.05, 3.63) is 23.5 Å². The Hall–Kier alpha value is -0.810. The van der Waals surface area contributed by atoms with E-state index in [2.05, 4.69) is 40.7 Å². The van der Waals surface area contributed by atoms with Crippen LogP contribution in [0.1, 0.15) is 11.4 Å². The number of aromatic nitrogens is 3. The molecule has 0 aliphatic rings. The SMILES string of the molecule is CSc1nnc(-n2c(C)ccc2C)s1. The molecule has 2 heterocycles. The molecule has 0 saturated carbocycles. The Bertz CT molecular complexity index is 425. The molecule has 3 nitrogen and oxygen atoms in total. The largest absolute Gasteiger partial charge is 0.293 e. The molecule has 0 spiro atoms. The van der Waals surface area contributed by atoms with E-state index >= 15 is 0 Å². The van der Waals surface area contributed by atoms with Crippen LogP contribution in [-0.4, -0.2) is 21.0 Å². The predicted octanol–water partition coefficient (Wildman–Crippen LogP) is 2.67. The summed E-state index contributed by atoms with van der Waals surface area (Å²) < 4.78 is 3.13. The lowest BCUT2D eigenvalue weighted by atomic mass is 10.5. The van der Waals surface area contributed by atoms with E-state index in [0.29, 0.717) is 0 Å². The standard InChI is InChI=1S/C9H11N3S2/c1-6-4-5-7(2)12(6)8-10-11-9(13-3)14-8/h4-5H,1-3H3. The molecule has 74 valence electrons. The van der Waals surface area contributed by atoms with E-state index in [1.165, 1.54) is 11.4 Å². The van der Waals surface area contributed by atoms with Gasteiger partial charge in [-0.2, -0.15) is 0 Å². The molecule has 0 aliphatic carbocycles. The van der Waals surface area contributed by atoms with Crippen molar-refractivity contribution in [3.63, 3.8) is 0 Å². The zero-order valence-corrected chi connectivity index (χ0v) is 9.95. The molecule has 0 radical (unpaired) electrons. The van der Waals surface area contributed by atoms with Gasteiger partial charge in [0, 0.05) is 11.4 Å². The highest BCUT2D eigenvalue weighted by Crippen LogP contribution is 2.24. The second-order valence-electron chi connectivity index (χ2n) is 3.01. The zero-order valence-electron chi connectivity index (χ0n) is 8.31. The maximum absolute atomic E-state index is 4.16. The monoisotopic (exact) mass is 225 g/mol. The Morgan fingerprint density at radius 2 is 1.86 bits per heavy atom. The van der Waals surface area contributed by atoms with Crippen LogP contribution in [0.15, 0.2) is 16.5 Å². The van der Waals surface area contributed by atoms with E-state index < -0.39 is 0 Å². The summed E-state index contributed by atoms with van der Waals surface area (Å²) >= 11 is 3.25. The van der Waals surface area contributed by atoms with Crippen molar-refractivity contribution in [2.45, 2.75) is 18.2 Å². The minimum atomic E-state index is 0.953. The summed E-state index contributed by atoms with van der Waals surface area (Å²) in [4.78, 5) is 0. The van der Waals surface area contributed by atoms with Crippen LogP contribution in [0.3, 0.4) is 0 Å². The third kappa shape index (κ3) is 1.57. The molecule has 0 atom stereocenters. The first kappa shape index (κ1) is 9.73. The first-order valence-corrected chi connectivity index (χ1v) is 6.29. The summed E-state index contributed by atoms with van der Waals surface area (Å²) in [6, 6.07) is 4.19. The normalized spacial score (nSPS) is 10.8. The molecule has 0 fully saturated rings. The molecule has 0 N–H and O–H groups in total. The molecular formula is C9H11N3S2. The Balaban J connectivity index is 2.48. The topological polar surface area (TPSA) is 30.7 Å². The van der Waals surface area contributed by atoms with Gasteiger partial charge in [-0.3, -0.25) is 4.57 Å². The van der Waals surface area contributed by atoms with Gasteiger partial charge in [0.15, 0.2) is 4.34 Å². The fourth-order valence-corrected chi connectivity index (χ4v) is 2.72. The lowest BCUT2D eigenvalue weighted by molar-refractivity contribution is 0.897. The molecule has 14 heavy (non-hydrogen) atoms. The lowest BCUT2D eigenvalue weighted by Crippen LogP contribution is -1.97. The van der Waals surface area contributed by atoms with Crippen molar-refractivity contribution in [1.82, 2.24) is 14.8 Å². The van der Waals surface area contributed by atoms with Crippen LogP contribution in [0, 0.1) is 13.8 Å². The second kappa shape index (κ2) is 3.74. The van der Waals surface area contributed by atoms with E-state index in [0.717, 1.165) is 9.47 Å². The van der Waals surface area contributed by atoms with Crippen LogP contribution in [0.5, 0.6) is 0 Å². The van der Waals surface area contributed by atoms with E-state index in [-0.39, 0.29) is 0 Å². The van der Waals surface area contributed by atoms with Crippen LogP contribution < -0.4 is 0 Å². The molecule has 0 aromatic carbocycles. The second-order valence-corrected chi connectivity index (χ2v) is 5.02. The summed E-state index contributed by atoms with van der Waals surface area (Å²) in [6.45, 7) is 4.15. The average molecular weight is 225 g/mol. The van der Waals surface area contributed by atoms with E-state index in [9.17, 15) is 0 Å². The molecule has 2 aromatic heterocycles. The van der Waals surface area contributed by atoms with Gasteiger partial charge in [-0.1, -0.05) is 23.1 Å². The molecule has 0 unspecified atom stereocenters. The van der Waals surface area contributed by atoms with E-state index in [1.54, 1.807) is 23.1 Å². The van der Waals surface area contributed by atoms with Crippen molar-refractivity contribution < 1.29 is 0 Å². The number of hydrogen-bond donors (Lipinski definition) is 0. The van der Waals surface area contributed by atoms with Crippen molar-refractivity contribution in [1.29, 1.82) is 0 Å². The van der Waals surface area contributed by atoms with Crippen LogP contribution in [0.2, 0.25) is 0 Å². The Labute approximate surface area is 91.2 Å². The molecule has 2 rings (SSSR count). The van der Waals surface area contributed by atoms with Gasteiger partial charge in [0.05, 0.1) is 0 Å². The van der Waals surface area contributed by atoms with Gasteiger partial charge >= 0.3 is 0 Å². The highest BCUT2D eigenvalue weighted by molar-refractivity contribution is 8.00. The zero-order chi connectivity index (χ0) is 10.1. The smallest absolute Gasteiger partial charge is 0.217 e. The van der Waals surface area contributed by atoms with Gasteiger partial charge in [0.2, 0.25) is 5.13 Å². The van der Waals surface area contributed by atoms with Gasteiger partial charge in [0.1, 0.15) is 0 Å². The molecular weight excluding hydrogens is 214 g/mol. The van der Waals surface area contributed by atoms with Gasteiger partial charge in [-0.05, 0) is 32.2 Å². The van der Waals surface area contributed by atoms with Crippen molar-refractivity contribution in [3.8, 4) is 5.13 Å². The number of hydrogen-bond acceptors (Lipinski definition) is 4. The number of rotatable bonds is 2. The highest BCUT2D eigenvalue weighted by atomic mass is 32.2. The summed E-state index contributed by atoms with van der Waals surface area (Å²) in [6.07, 6.45) is 2.01. The third-order valence-corrected chi connectivity index (χ3v) is 3.92. The summed E-state index contributed by atoms with van der Waals surface area (Å²) in [7, 11) is 0. The molecule has 0 saturated heterocycles. The first-order valence-electron chi connectivity index (χ1n) is 4.25. The fraction of sp³-hybridized carbons (Fsp3) is 0.333. The quantitative estimate of drug-likeness (QED) is 0.736. The van der Waals surface area contributed by atoms with Gasteiger partial charge in [-0.25, -0.2) is 0 Å². The van der Waals surface area contributed by atoms with Gasteiger partial charge < -0.3 is 0 Å². The maximum Gasteiger partial charge on any atom is 0.217 e. The van der Waals surface area contributed by atoms with Crippen LogP contribution in [0.25, 0.3) is 5.13 Å². The summed E-state index contributed by atoms with van der Waals surface area (Å²) in [5.41, 5.74) is 2.40. The lowest BCUT2D eigenvalue weighted by Gasteiger charge is -2.02. The number of nitrogens with zero attached hydrogens (tertiary/aromatic N) is 3. The summed E-state index contributed by atoms with van der Waals surface area (Å²) in [5.74, 6) is 0.